The minimum atomic E-state index is -0.480. The van der Waals surface area contributed by atoms with Crippen molar-refractivity contribution in [2.45, 2.75) is 12.5 Å². The average molecular weight is 217 g/mol. The molecule has 2 aromatic rings. The van der Waals surface area contributed by atoms with Gasteiger partial charge in [-0.3, -0.25) is 4.98 Å². The highest BCUT2D eigenvalue weighted by Crippen LogP contribution is 2.20. The molecule has 1 aromatic heterocycles. The summed E-state index contributed by atoms with van der Waals surface area (Å²) in [6.07, 6.45) is 1.88. The van der Waals surface area contributed by atoms with Crippen LogP contribution in [0.4, 0.5) is 0 Å². The fraction of sp³-hybridized carbons (Fsp3) is 0.308. The molecule has 16 heavy (non-hydrogen) atoms. The summed E-state index contributed by atoms with van der Waals surface area (Å²) in [5.74, 6) is 0. The van der Waals surface area contributed by atoms with Gasteiger partial charge in [-0.25, -0.2) is 0 Å². The van der Waals surface area contributed by atoms with Crippen LogP contribution in [0.3, 0.4) is 0 Å². The lowest BCUT2D eigenvalue weighted by atomic mass is 10.0. The van der Waals surface area contributed by atoms with Gasteiger partial charge in [-0.05, 0) is 17.7 Å². The normalized spacial score (nSPS) is 12.9. The second-order valence-electron chi connectivity index (χ2n) is 3.75. The summed E-state index contributed by atoms with van der Waals surface area (Å²) in [6.45, 7) is 0.557. The van der Waals surface area contributed by atoms with E-state index in [0.717, 1.165) is 16.5 Å². The summed E-state index contributed by atoms with van der Waals surface area (Å²) in [6, 6.07) is 9.75. The average Bonchev–Trinajstić information content (AvgIpc) is 2.35. The molecule has 3 nitrogen and oxygen atoms in total. The molecule has 2 rings (SSSR count). The number of hydrogen-bond donors (Lipinski definition) is 1. The highest BCUT2D eigenvalue weighted by atomic mass is 16.5. The van der Waals surface area contributed by atoms with E-state index in [9.17, 15) is 5.11 Å². The highest BCUT2D eigenvalue weighted by molar-refractivity contribution is 5.78. The van der Waals surface area contributed by atoms with E-state index in [2.05, 4.69) is 4.98 Å². The summed E-state index contributed by atoms with van der Waals surface area (Å²) < 4.78 is 4.95. The Morgan fingerprint density at radius 3 is 3.06 bits per heavy atom. The lowest BCUT2D eigenvalue weighted by molar-refractivity contribution is 0.110. The second kappa shape index (κ2) is 5.05. The third-order valence-electron chi connectivity index (χ3n) is 2.61. The van der Waals surface area contributed by atoms with Gasteiger partial charge in [0, 0.05) is 31.7 Å². The number of benzene rings is 1. The molecule has 1 heterocycles. The van der Waals surface area contributed by atoms with Crippen molar-refractivity contribution >= 4 is 10.9 Å². The van der Waals surface area contributed by atoms with E-state index >= 15 is 0 Å². The Labute approximate surface area is 94.7 Å². The molecule has 0 saturated heterocycles. The van der Waals surface area contributed by atoms with Crippen LogP contribution in [-0.2, 0) is 4.74 Å². The molecule has 1 N–H and O–H groups in total. The van der Waals surface area contributed by atoms with Crippen molar-refractivity contribution in [2.24, 2.45) is 0 Å². The Morgan fingerprint density at radius 1 is 1.38 bits per heavy atom. The van der Waals surface area contributed by atoms with Crippen molar-refractivity contribution < 1.29 is 9.84 Å². The summed E-state index contributed by atoms with van der Waals surface area (Å²) in [5, 5.41) is 11.0. The van der Waals surface area contributed by atoms with Crippen molar-refractivity contribution in [2.75, 3.05) is 13.7 Å². The van der Waals surface area contributed by atoms with Crippen LogP contribution < -0.4 is 0 Å². The fourth-order valence-electron chi connectivity index (χ4n) is 1.69. The number of aliphatic hydroxyl groups is 1. The summed E-state index contributed by atoms with van der Waals surface area (Å²) >= 11 is 0. The first-order valence-electron chi connectivity index (χ1n) is 5.33. The van der Waals surface area contributed by atoms with Crippen LogP contribution >= 0.6 is 0 Å². The van der Waals surface area contributed by atoms with E-state index in [1.165, 1.54) is 0 Å². The Bertz CT molecular complexity index is 470. The van der Waals surface area contributed by atoms with Crippen LogP contribution in [0.25, 0.3) is 10.9 Å². The van der Waals surface area contributed by atoms with Gasteiger partial charge in [-0.2, -0.15) is 0 Å². The largest absolute Gasteiger partial charge is 0.388 e. The minimum Gasteiger partial charge on any atom is -0.388 e. The van der Waals surface area contributed by atoms with Gasteiger partial charge < -0.3 is 9.84 Å². The van der Waals surface area contributed by atoms with Crippen LogP contribution in [-0.4, -0.2) is 23.8 Å². The molecular weight excluding hydrogens is 202 g/mol. The number of rotatable bonds is 4. The van der Waals surface area contributed by atoms with E-state index in [1.807, 2.05) is 30.3 Å². The Kier molecular flexibility index (Phi) is 3.49. The highest BCUT2D eigenvalue weighted by Gasteiger charge is 2.07. The molecule has 0 aliphatic carbocycles. The second-order valence-corrected chi connectivity index (χ2v) is 3.75. The van der Waals surface area contributed by atoms with E-state index in [0.29, 0.717) is 13.0 Å². The molecule has 1 atom stereocenters. The predicted octanol–water partition coefficient (Wildman–Crippen LogP) is 2.30. The van der Waals surface area contributed by atoms with Gasteiger partial charge in [-0.15, -0.1) is 0 Å². The van der Waals surface area contributed by atoms with Gasteiger partial charge in [-0.1, -0.05) is 18.2 Å². The molecule has 0 fully saturated rings. The number of aliphatic hydroxyl groups excluding tert-OH is 1. The van der Waals surface area contributed by atoms with Gasteiger partial charge in [0.1, 0.15) is 0 Å². The lowest BCUT2D eigenvalue weighted by Crippen LogP contribution is -2.01. The maximum absolute atomic E-state index is 9.90. The summed E-state index contributed by atoms with van der Waals surface area (Å²) in [5.41, 5.74) is 1.81. The number of nitrogens with zero attached hydrogens (tertiary/aromatic N) is 1. The number of ether oxygens (including phenoxy) is 1. The van der Waals surface area contributed by atoms with Gasteiger partial charge in [0.25, 0.3) is 0 Å². The van der Waals surface area contributed by atoms with E-state index in [4.69, 9.17) is 4.74 Å². The molecule has 0 amide bonds. The van der Waals surface area contributed by atoms with Gasteiger partial charge in [0.2, 0.25) is 0 Å². The first-order chi connectivity index (χ1) is 7.81. The number of pyridine rings is 1. The third kappa shape index (κ3) is 2.38. The van der Waals surface area contributed by atoms with Gasteiger partial charge in [0.15, 0.2) is 0 Å². The van der Waals surface area contributed by atoms with E-state index in [1.54, 1.807) is 13.3 Å². The van der Waals surface area contributed by atoms with Crippen molar-refractivity contribution in [3.8, 4) is 0 Å². The van der Waals surface area contributed by atoms with Crippen molar-refractivity contribution in [3.05, 3.63) is 42.1 Å². The maximum atomic E-state index is 9.90. The number of hydrogen-bond acceptors (Lipinski definition) is 3. The molecule has 3 heteroatoms. The minimum absolute atomic E-state index is 0.480. The van der Waals surface area contributed by atoms with Crippen molar-refractivity contribution in [1.82, 2.24) is 4.98 Å². The number of fused-ring (bicyclic) bond motifs is 1. The van der Waals surface area contributed by atoms with Crippen LogP contribution in [0.5, 0.6) is 0 Å². The first kappa shape index (κ1) is 11.0. The van der Waals surface area contributed by atoms with Crippen LogP contribution in [0.2, 0.25) is 0 Å². The topological polar surface area (TPSA) is 42.4 Å². The summed E-state index contributed by atoms with van der Waals surface area (Å²) in [7, 11) is 1.63. The quantitative estimate of drug-likeness (QED) is 0.854. The lowest BCUT2D eigenvalue weighted by Gasteiger charge is -2.10. The molecule has 0 saturated carbocycles. The van der Waals surface area contributed by atoms with Gasteiger partial charge >= 0.3 is 0 Å². The van der Waals surface area contributed by atoms with E-state index in [-0.39, 0.29) is 0 Å². The van der Waals surface area contributed by atoms with Crippen molar-refractivity contribution in [1.29, 1.82) is 0 Å². The fourth-order valence-corrected chi connectivity index (χ4v) is 1.69. The zero-order chi connectivity index (χ0) is 11.4. The van der Waals surface area contributed by atoms with Crippen molar-refractivity contribution in [3.63, 3.8) is 0 Å². The van der Waals surface area contributed by atoms with Crippen LogP contribution in [0, 0.1) is 0 Å². The molecule has 0 radical (unpaired) electrons. The molecular formula is C13H15NO2. The monoisotopic (exact) mass is 217 g/mol. The molecule has 1 aromatic carbocycles. The van der Waals surface area contributed by atoms with Crippen LogP contribution in [0.15, 0.2) is 36.5 Å². The van der Waals surface area contributed by atoms with Gasteiger partial charge in [0.05, 0.1) is 11.6 Å². The molecule has 0 spiro atoms. The molecule has 0 bridgehead atoms. The Hall–Kier alpha value is -1.45. The first-order valence-corrected chi connectivity index (χ1v) is 5.33. The molecule has 84 valence electrons. The number of methoxy groups -OCH3 is 1. The molecule has 0 aliphatic rings. The molecule has 1 unspecified atom stereocenters. The Balaban J connectivity index is 2.25. The van der Waals surface area contributed by atoms with Crippen LogP contribution in [0.1, 0.15) is 18.1 Å². The standard InChI is InChI=1S/C13H15NO2/c1-16-8-6-13(15)11-5-4-10-3-2-7-14-12(10)9-11/h2-5,7,9,13,15H,6,8H2,1H3. The smallest absolute Gasteiger partial charge is 0.0812 e. The third-order valence-corrected chi connectivity index (χ3v) is 2.61. The predicted molar refractivity (Wildman–Crippen MR) is 63.2 cm³/mol. The van der Waals surface area contributed by atoms with E-state index < -0.39 is 6.10 Å². The Morgan fingerprint density at radius 2 is 2.25 bits per heavy atom. The summed E-state index contributed by atoms with van der Waals surface area (Å²) in [4.78, 5) is 4.26. The molecule has 0 aliphatic heterocycles. The zero-order valence-corrected chi connectivity index (χ0v) is 9.26. The maximum Gasteiger partial charge on any atom is 0.0812 e. The number of aromatic nitrogens is 1. The SMILES string of the molecule is COCCC(O)c1ccc2cccnc2c1. The zero-order valence-electron chi connectivity index (χ0n) is 9.26.